The van der Waals surface area contributed by atoms with Crippen LogP contribution in [0.2, 0.25) is 0 Å². The minimum Gasteiger partial charge on any atom is -0.397 e. The third kappa shape index (κ3) is 3.62. The number of sulfone groups is 1. The molecule has 0 atom stereocenters. The fourth-order valence-electron chi connectivity index (χ4n) is 1.18. The van der Waals surface area contributed by atoms with Crippen molar-refractivity contribution < 1.29 is 8.42 Å². The van der Waals surface area contributed by atoms with E-state index in [4.69, 9.17) is 11.5 Å². The minimum atomic E-state index is -2.93. The summed E-state index contributed by atoms with van der Waals surface area (Å²) in [5.41, 5.74) is 13.0. The lowest BCUT2D eigenvalue weighted by Crippen LogP contribution is -2.17. The van der Waals surface area contributed by atoms with Crippen LogP contribution in [-0.2, 0) is 9.84 Å². The lowest BCUT2D eigenvalue weighted by molar-refractivity contribution is 0.597. The van der Waals surface area contributed by atoms with Crippen molar-refractivity contribution >= 4 is 26.9 Å². The number of benzene rings is 1. The van der Waals surface area contributed by atoms with Gasteiger partial charge in [-0.2, -0.15) is 0 Å². The minimum absolute atomic E-state index is 0.119. The fraction of sp³-hybridized carbons (Fsp3) is 0.400. The van der Waals surface area contributed by atoms with E-state index in [0.29, 0.717) is 17.9 Å². The topological polar surface area (TPSA) is 98.2 Å². The zero-order chi connectivity index (χ0) is 12.2. The zero-order valence-corrected chi connectivity index (χ0v) is 10.0. The molecule has 1 rings (SSSR count). The van der Waals surface area contributed by atoms with Crippen molar-refractivity contribution in [3.63, 3.8) is 0 Å². The number of nitrogens with one attached hydrogen (secondary N) is 1. The summed E-state index contributed by atoms with van der Waals surface area (Å²) in [6.45, 7) is 2.01. The van der Waals surface area contributed by atoms with Crippen molar-refractivity contribution in [2.24, 2.45) is 0 Å². The highest BCUT2D eigenvalue weighted by atomic mass is 32.2. The average molecular weight is 243 g/mol. The van der Waals surface area contributed by atoms with Gasteiger partial charge in [-0.25, -0.2) is 8.42 Å². The molecule has 1 aromatic rings. The van der Waals surface area contributed by atoms with Gasteiger partial charge in [0.2, 0.25) is 0 Å². The van der Waals surface area contributed by atoms with Crippen LogP contribution in [0, 0.1) is 0 Å². The van der Waals surface area contributed by atoms with E-state index in [2.05, 4.69) is 5.32 Å². The average Bonchev–Trinajstić information content (AvgIpc) is 2.23. The quantitative estimate of drug-likeness (QED) is 0.661. The molecule has 0 aromatic heterocycles. The van der Waals surface area contributed by atoms with Gasteiger partial charge < -0.3 is 16.8 Å². The number of anilines is 3. The Balaban J connectivity index is 2.53. The number of hydrogen-bond donors (Lipinski definition) is 3. The maximum atomic E-state index is 11.2. The van der Waals surface area contributed by atoms with Crippen LogP contribution in [0.25, 0.3) is 0 Å². The highest BCUT2D eigenvalue weighted by Gasteiger charge is 2.06. The molecule has 0 aliphatic rings. The molecule has 0 fully saturated rings. The molecule has 5 N–H and O–H groups in total. The van der Waals surface area contributed by atoms with Gasteiger partial charge in [0, 0.05) is 18.0 Å². The summed E-state index contributed by atoms with van der Waals surface area (Å²) in [5.74, 6) is 0.284. The Hall–Kier alpha value is -1.43. The van der Waals surface area contributed by atoms with Crippen LogP contribution in [0.3, 0.4) is 0 Å². The molecule has 90 valence electrons. The van der Waals surface area contributed by atoms with Gasteiger partial charge in [0.1, 0.15) is 0 Å². The van der Waals surface area contributed by atoms with E-state index in [1.54, 1.807) is 25.1 Å². The molecule has 0 saturated carbocycles. The Morgan fingerprint density at radius 3 is 2.50 bits per heavy atom. The van der Waals surface area contributed by atoms with Crippen molar-refractivity contribution in [2.45, 2.75) is 6.92 Å². The number of nitrogens with two attached hydrogens (primary N) is 2. The predicted molar refractivity (Wildman–Crippen MR) is 68.1 cm³/mol. The van der Waals surface area contributed by atoms with E-state index in [1.165, 1.54) is 0 Å². The zero-order valence-electron chi connectivity index (χ0n) is 9.23. The Morgan fingerprint density at radius 2 is 1.94 bits per heavy atom. The van der Waals surface area contributed by atoms with E-state index >= 15 is 0 Å². The molecule has 5 nitrogen and oxygen atoms in total. The lowest BCUT2D eigenvalue weighted by Gasteiger charge is -2.08. The van der Waals surface area contributed by atoms with E-state index in [9.17, 15) is 8.42 Å². The van der Waals surface area contributed by atoms with Gasteiger partial charge in [-0.05, 0) is 18.2 Å². The molecule has 0 unspecified atom stereocenters. The molecule has 0 aliphatic carbocycles. The van der Waals surface area contributed by atoms with Crippen LogP contribution in [0.1, 0.15) is 6.92 Å². The second-order valence-corrected chi connectivity index (χ2v) is 5.98. The van der Waals surface area contributed by atoms with Crippen molar-refractivity contribution in [1.29, 1.82) is 0 Å². The van der Waals surface area contributed by atoms with Crippen molar-refractivity contribution in [1.82, 2.24) is 0 Å². The first-order valence-corrected chi connectivity index (χ1v) is 6.86. The van der Waals surface area contributed by atoms with Crippen molar-refractivity contribution in [3.8, 4) is 0 Å². The first-order chi connectivity index (χ1) is 7.44. The molecule has 0 spiro atoms. The largest absolute Gasteiger partial charge is 0.397 e. The molecule has 0 amide bonds. The summed E-state index contributed by atoms with van der Waals surface area (Å²) in [5, 5.41) is 2.99. The van der Waals surface area contributed by atoms with Gasteiger partial charge >= 0.3 is 0 Å². The highest BCUT2D eigenvalue weighted by Crippen LogP contribution is 2.19. The second-order valence-electron chi connectivity index (χ2n) is 3.51. The fourth-order valence-corrected chi connectivity index (χ4v) is 1.88. The molecule has 0 aliphatic heterocycles. The van der Waals surface area contributed by atoms with Gasteiger partial charge in [0.05, 0.1) is 17.1 Å². The standard InChI is InChI=1S/C10H17N3O2S/c1-2-16(14,15)6-5-13-8-3-4-9(11)10(12)7-8/h3-4,7,13H,2,5-6,11-12H2,1H3. The Morgan fingerprint density at radius 1 is 1.25 bits per heavy atom. The van der Waals surface area contributed by atoms with E-state index in [0.717, 1.165) is 5.69 Å². The van der Waals surface area contributed by atoms with Gasteiger partial charge in [-0.1, -0.05) is 6.92 Å². The smallest absolute Gasteiger partial charge is 0.151 e. The molecule has 0 radical (unpaired) electrons. The molecule has 16 heavy (non-hydrogen) atoms. The van der Waals surface area contributed by atoms with Crippen molar-refractivity contribution in [3.05, 3.63) is 18.2 Å². The molecule has 0 heterocycles. The summed E-state index contributed by atoms with van der Waals surface area (Å²) in [6.07, 6.45) is 0. The molecular formula is C10H17N3O2S. The Bertz CT molecular complexity index is 457. The van der Waals surface area contributed by atoms with E-state index in [1.807, 2.05) is 0 Å². The summed E-state index contributed by atoms with van der Waals surface area (Å²) in [4.78, 5) is 0. The molecule has 6 heteroatoms. The van der Waals surface area contributed by atoms with E-state index in [-0.39, 0.29) is 11.5 Å². The SMILES string of the molecule is CCS(=O)(=O)CCNc1ccc(N)c(N)c1. The highest BCUT2D eigenvalue weighted by molar-refractivity contribution is 7.91. The number of nitrogen functional groups attached to an aromatic ring is 2. The maximum absolute atomic E-state index is 11.2. The summed E-state index contributed by atoms with van der Waals surface area (Å²) >= 11 is 0. The number of rotatable bonds is 5. The lowest BCUT2D eigenvalue weighted by atomic mass is 10.2. The van der Waals surface area contributed by atoms with Crippen LogP contribution >= 0.6 is 0 Å². The van der Waals surface area contributed by atoms with Crippen LogP contribution in [0.15, 0.2) is 18.2 Å². The first kappa shape index (κ1) is 12.6. The third-order valence-corrected chi connectivity index (χ3v) is 3.97. The summed E-state index contributed by atoms with van der Waals surface area (Å²) < 4.78 is 22.5. The first-order valence-electron chi connectivity index (χ1n) is 5.04. The maximum Gasteiger partial charge on any atom is 0.151 e. The molecular weight excluding hydrogens is 226 g/mol. The summed E-state index contributed by atoms with van der Waals surface area (Å²) in [6, 6.07) is 5.14. The van der Waals surface area contributed by atoms with Gasteiger partial charge in [0.25, 0.3) is 0 Å². The number of hydrogen-bond acceptors (Lipinski definition) is 5. The van der Waals surface area contributed by atoms with Crippen LogP contribution < -0.4 is 16.8 Å². The van der Waals surface area contributed by atoms with Crippen LogP contribution in [0.5, 0.6) is 0 Å². The third-order valence-electron chi connectivity index (χ3n) is 2.27. The van der Waals surface area contributed by atoms with E-state index < -0.39 is 9.84 Å². The molecule has 0 bridgehead atoms. The van der Waals surface area contributed by atoms with Crippen LogP contribution in [0.4, 0.5) is 17.1 Å². The van der Waals surface area contributed by atoms with Gasteiger partial charge in [-0.3, -0.25) is 0 Å². The Kier molecular flexibility index (Phi) is 4.00. The summed E-state index contributed by atoms with van der Waals surface area (Å²) in [7, 11) is -2.93. The molecule has 1 aromatic carbocycles. The monoisotopic (exact) mass is 243 g/mol. The molecule has 0 saturated heterocycles. The van der Waals surface area contributed by atoms with Gasteiger partial charge in [0.15, 0.2) is 9.84 Å². The second kappa shape index (κ2) is 5.07. The normalized spacial score (nSPS) is 11.3. The van der Waals surface area contributed by atoms with Crippen molar-refractivity contribution in [2.75, 3.05) is 34.8 Å². The van der Waals surface area contributed by atoms with Gasteiger partial charge in [-0.15, -0.1) is 0 Å². The predicted octanol–water partition coefficient (Wildman–Crippen LogP) is 0.698. The van der Waals surface area contributed by atoms with Crippen LogP contribution in [-0.4, -0.2) is 26.5 Å². The Labute approximate surface area is 95.7 Å².